The monoisotopic (exact) mass is 317 g/mol. The Morgan fingerprint density at radius 2 is 1.83 bits per heavy atom. The lowest BCUT2D eigenvalue weighted by atomic mass is 9.96. The van der Waals surface area contributed by atoms with Gasteiger partial charge in [-0.3, -0.25) is 9.59 Å². The number of hydrogen-bond acceptors (Lipinski definition) is 3. The molecule has 0 spiro atoms. The summed E-state index contributed by atoms with van der Waals surface area (Å²) in [6, 6.07) is 8.48. The molecule has 0 unspecified atom stereocenters. The number of benzene rings is 1. The lowest BCUT2D eigenvalue weighted by molar-refractivity contribution is -0.151. The van der Waals surface area contributed by atoms with Crippen molar-refractivity contribution in [2.75, 3.05) is 19.7 Å². The molecule has 0 atom stereocenters. The first kappa shape index (κ1) is 17.5. The average molecular weight is 317 g/mol. The van der Waals surface area contributed by atoms with Crippen molar-refractivity contribution in [2.45, 2.75) is 46.0 Å². The van der Waals surface area contributed by atoms with Crippen LogP contribution in [-0.4, -0.2) is 36.5 Å². The molecule has 1 saturated heterocycles. The Hall–Kier alpha value is -1.84. The van der Waals surface area contributed by atoms with E-state index in [9.17, 15) is 9.59 Å². The largest absolute Gasteiger partial charge is 0.466 e. The molecule has 4 nitrogen and oxygen atoms in total. The molecule has 0 N–H and O–H groups in total. The zero-order valence-electron chi connectivity index (χ0n) is 14.2. The minimum atomic E-state index is -0.112. The summed E-state index contributed by atoms with van der Waals surface area (Å²) in [5.74, 6) is 0.0601. The molecule has 0 radical (unpaired) electrons. The van der Waals surface area contributed by atoms with Crippen LogP contribution in [0.3, 0.4) is 0 Å². The molecule has 0 bridgehead atoms. The number of aryl methyl sites for hydroxylation is 2. The first-order valence-corrected chi connectivity index (χ1v) is 8.60. The number of esters is 1. The third-order valence-electron chi connectivity index (χ3n) is 4.44. The summed E-state index contributed by atoms with van der Waals surface area (Å²) in [5.41, 5.74) is 2.54. The Kier molecular flexibility index (Phi) is 6.63. The summed E-state index contributed by atoms with van der Waals surface area (Å²) in [6.45, 7) is 5.68. The van der Waals surface area contributed by atoms with Gasteiger partial charge in [-0.1, -0.05) is 29.8 Å². The number of carbonyl (C=O) groups excluding carboxylic acids is 2. The van der Waals surface area contributed by atoms with Gasteiger partial charge in [-0.15, -0.1) is 0 Å². The highest BCUT2D eigenvalue weighted by Crippen LogP contribution is 2.19. The quantitative estimate of drug-likeness (QED) is 0.757. The molecule has 1 aliphatic heterocycles. The summed E-state index contributed by atoms with van der Waals surface area (Å²) in [6.07, 6.45) is 3.84. The maximum Gasteiger partial charge on any atom is 0.309 e. The van der Waals surface area contributed by atoms with Crippen molar-refractivity contribution in [3.8, 4) is 0 Å². The molecular weight excluding hydrogens is 290 g/mol. The summed E-state index contributed by atoms with van der Waals surface area (Å²) in [4.78, 5) is 25.8. The van der Waals surface area contributed by atoms with E-state index in [1.54, 1.807) is 0 Å². The second-order valence-electron chi connectivity index (χ2n) is 6.25. The number of ether oxygens (including phenoxy) is 1. The molecule has 0 aromatic heterocycles. The van der Waals surface area contributed by atoms with Gasteiger partial charge in [0, 0.05) is 19.5 Å². The Labute approximate surface area is 138 Å². The van der Waals surface area contributed by atoms with Gasteiger partial charge in [0.2, 0.25) is 5.91 Å². The second-order valence-corrected chi connectivity index (χ2v) is 6.25. The summed E-state index contributed by atoms with van der Waals surface area (Å²) >= 11 is 0. The first-order valence-electron chi connectivity index (χ1n) is 8.60. The van der Waals surface area contributed by atoms with Crippen LogP contribution in [0.1, 0.15) is 43.7 Å². The minimum Gasteiger partial charge on any atom is -0.466 e. The molecule has 1 heterocycles. The molecule has 1 aliphatic rings. The van der Waals surface area contributed by atoms with Crippen LogP contribution in [0.5, 0.6) is 0 Å². The van der Waals surface area contributed by atoms with Crippen molar-refractivity contribution in [3.05, 3.63) is 35.4 Å². The molecular formula is C19H27NO3. The molecule has 23 heavy (non-hydrogen) atoms. The highest BCUT2D eigenvalue weighted by atomic mass is 16.5. The van der Waals surface area contributed by atoms with Gasteiger partial charge in [0.1, 0.15) is 0 Å². The first-order chi connectivity index (χ1) is 11.1. The van der Waals surface area contributed by atoms with E-state index in [0.29, 0.717) is 26.1 Å². The van der Waals surface area contributed by atoms with E-state index in [1.165, 1.54) is 11.1 Å². The summed E-state index contributed by atoms with van der Waals surface area (Å²) in [5, 5.41) is 0. The minimum absolute atomic E-state index is 0.0356. The van der Waals surface area contributed by atoms with E-state index >= 15 is 0 Å². The number of nitrogens with zero attached hydrogens (tertiary/aromatic N) is 1. The summed E-state index contributed by atoms with van der Waals surface area (Å²) in [7, 11) is 0. The molecule has 1 aromatic rings. The smallest absolute Gasteiger partial charge is 0.309 e. The second kappa shape index (κ2) is 8.70. The fourth-order valence-electron chi connectivity index (χ4n) is 2.98. The van der Waals surface area contributed by atoms with Gasteiger partial charge < -0.3 is 9.64 Å². The fraction of sp³-hybridized carbons (Fsp3) is 0.579. The lowest BCUT2D eigenvalue weighted by Gasteiger charge is -2.31. The number of hydrogen-bond donors (Lipinski definition) is 0. The maximum atomic E-state index is 12.3. The number of carbonyl (C=O) groups is 2. The Balaban J connectivity index is 1.68. The Morgan fingerprint density at radius 1 is 1.17 bits per heavy atom. The lowest BCUT2D eigenvalue weighted by Crippen LogP contribution is -2.40. The molecule has 1 aromatic carbocycles. The van der Waals surface area contributed by atoms with E-state index in [4.69, 9.17) is 4.74 Å². The van der Waals surface area contributed by atoms with Crippen LogP contribution >= 0.6 is 0 Å². The standard InChI is InChI=1S/C19H27NO3/c1-3-23-19(22)17-11-13-20(14-12-17)18(21)6-4-5-16-9-7-15(2)8-10-16/h7-10,17H,3-6,11-14H2,1-2H3. The highest BCUT2D eigenvalue weighted by molar-refractivity contribution is 5.77. The highest BCUT2D eigenvalue weighted by Gasteiger charge is 2.27. The molecule has 1 amide bonds. The van der Waals surface area contributed by atoms with Crippen molar-refractivity contribution >= 4 is 11.9 Å². The zero-order chi connectivity index (χ0) is 16.7. The van der Waals surface area contributed by atoms with Crippen molar-refractivity contribution in [3.63, 3.8) is 0 Å². The van der Waals surface area contributed by atoms with Gasteiger partial charge >= 0.3 is 5.97 Å². The molecule has 0 saturated carbocycles. The van der Waals surface area contributed by atoms with Crippen LogP contribution in [0.25, 0.3) is 0 Å². The molecule has 1 fully saturated rings. The predicted molar refractivity (Wildman–Crippen MR) is 90.1 cm³/mol. The molecule has 126 valence electrons. The topological polar surface area (TPSA) is 46.6 Å². The summed E-state index contributed by atoms with van der Waals surface area (Å²) < 4.78 is 5.06. The van der Waals surface area contributed by atoms with Crippen LogP contribution in [0.15, 0.2) is 24.3 Å². The van der Waals surface area contributed by atoms with E-state index < -0.39 is 0 Å². The van der Waals surface area contributed by atoms with E-state index in [0.717, 1.165) is 25.7 Å². The zero-order valence-corrected chi connectivity index (χ0v) is 14.2. The Morgan fingerprint density at radius 3 is 2.43 bits per heavy atom. The van der Waals surface area contributed by atoms with Gasteiger partial charge in [-0.25, -0.2) is 0 Å². The third-order valence-corrected chi connectivity index (χ3v) is 4.44. The third kappa shape index (κ3) is 5.38. The van der Waals surface area contributed by atoms with Crippen molar-refractivity contribution in [2.24, 2.45) is 5.92 Å². The predicted octanol–water partition coefficient (Wildman–Crippen LogP) is 3.12. The van der Waals surface area contributed by atoms with E-state index in [2.05, 4.69) is 31.2 Å². The van der Waals surface area contributed by atoms with Gasteiger partial charge in [0.15, 0.2) is 0 Å². The van der Waals surface area contributed by atoms with Crippen LogP contribution in [0.4, 0.5) is 0 Å². The van der Waals surface area contributed by atoms with Gasteiger partial charge in [-0.2, -0.15) is 0 Å². The molecule has 0 aliphatic carbocycles. The molecule has 4 heteroatoms. The van der Waals surface area contributed by atoms with Crippen molar-refractivity contribution < 1.29 is 14.3 Å². The van der Waals surface area contributed by atoms with Crippen molar-refractivity contribution in [1.82, 2.24) is 4.90 Å². The number of rotatable bonds is 6. The fourth-order valence-corrected chi connectivity index (χ4v) is 2.98. The van der Waals surface area contributed by atoms with Gasteiger partial charge in [0.05, 0.1) is 12.5 Å². The van der Waals surface area contributed by atoms with E-state index in [-0.39, 0.29) is 17.8 Å². The average Bonchev–Trinajstić information content (AvgIpc) is 2.57. The van der Waals surface area contributed by atoms with Crippen LogP contribution in [0.2, 0.25) is 0 Å². The van der Waals surface area contributed by atoms with Gasteiger partial charge in [0.25, 0.3) is 0 Å². The van der Waals surface area contributed by atoms with Crippen LogP contribution in [0, 0.1) is 12.8 Å². The SMILES string of the molecule is CCOC(=O)C1CCN(C(=O)CCCc2ccc(C)cc2)CC1. The van der Waals surface area contributed by atoms with E-state index in [1.807, 2.05) is 11.8 Å². The molecule has 2 rings (SSSR count). The van der Waals surface area contributed by atoms with Crippen LogP contribution in [-0.2, 0) is 20.7 Å². The number of amides is 1. The van der Waals surface area contributed by atoms with Crippen LogP contribution < -0.4 is 0 Å². The maximum absolute atomic E-state index is 12.3. The normalized spacial score (nSPS) is 15.5. The Bertz CT molecular complexity index is 516. The number of piperidine rings is 1. The van der Waals surface area contributed by atoms with Gasteiger partial charge in [-0.05, 0) is 45.1 Å². The van der Waals surface area contributed by atoms with Crippen molar-refractivity contribution in [1.29, 1.82) is 0 Å². The number of likely N-dealkylation sites (tertiary alicyclic amines) is 1.